The molecule has 0 aromatic heterocycles. The van der Waals surface area contributed by atoms with Crippen LogP contribution in [0.15, 0.2) is 28.7 Å². The number of halogens is 1. The minimum Gasteiger partial charge on any atom is -0.484 e. The lowest BCUT2D eigenvalue weighted by Crippen LogP contribution is -2.33. The fourth-order valence-corrected chi connectivity index (χ4v) is 1.24. The lowest BCUT2D eigenvalue weighted by Gasteiger charge is -2.06. The highest BCUT2D eigenvalue weighted by molar-refractivity contribution is 9.10. The third kappa shape index (κ3) is 5.35. The number of methoxy groups -OCH3 is 1. The number of esters is 1. The Morgan fingerprint density at radius 1 is 1.29 bits per heavy atom. The largest absolute Gasteiger partial charge is 0.484 e. The summed E-state index contributed by atoms with van der Waals surface area (Å²) in [6.07, 6.45) is 0. The molecule has 0 bridgehead atoms. The van der Waals surface area contributed by atoms with Gasteiger partial charge in [0.05, 0.1) is 7.11 Å². The van der Waals surface area contributed by atoms with Gasteiger partial charge in [-0.15, -0.1) is 0 Å². The Balaban J connectivity index is 2.28. The molecule has 0 spiro atoms. The summed E-state index contributed by atoms with van der Waals surface area (Å²) in [5.74, 6) is -0.290. The van der Waals surface area contributed by atoms with E-state index in [1.165, 1.54) is 7.11 Å². The molecule has 0 aliphatic rings. The van der Waals surface area contributed by atoms with Crippen LogP contribution in [0.1, 0.15) is 0 Å². The summed E-state index contributed by atoms with van der Waals surface area (Å²) in [5.41, 5.74) is 0. The fraction of sp³-hybridized carbons (Fsp3) is 0.273. The van der Waals surface area contributed by atoms with E-state index in [9.17, 15) is 9.59 Å². The maximum atomic E-state index is 11.3. The average Bonchev–Trinajstić information content (AvgIpc) is 2.35. The Kier molecular flexibility index (Phi) is 5.48. The number of nitrogens with one attached hydrogen (secondary N) is 1. The number of carbonyl (C=O) groups excluding carboxylic acids is 2. The van der Waals surface area contributed by atoms with Gasteiger partial charge in [-0.05, 0) is 24.3 Å². The maximum absolute atomic E-state index is 11.3. The Morgan fingerprint density at radius 2 is 1.94 bits per heavy atom. The van der Waals surface area contributed by atoms with Gasteiger partial charge in [-0.3, -0.25) is 9.59 Å². The molecule has 0 atom stereocenters. The SMILES string of the molecule is COC(=O)CNC(=O)COc1ccc(Br)cc1. The molecule has 17 heavy (non-hydrogen) atoms. The highest BCUT2D eigenvalue weighted by Gasteiger charge is 2.05. The van der Waals surface area contributed by atoms with E-state index in [2.05, 4.69) is 26.0 Å². The summed E-state index contributed by atoms with van der Waals surface area (Å²) in [5, 5.41) is 2.37. The van der Waals surface area contributed by atoms with E-state index in [1.54, 1.807) is 12.1 Å². The number of amides is 1. The first-order valence-corrected chi connectivity index (χ1v) is 5.63. The molecule has 92 valence electrons. The van der Waals surface area contributed by atoms with E-state index in [0.717, 1.165) is 4.47 Å². The standard InChI is InChI=1S/C11H12BrNO4/c1-16-11(15)6-13-10(14)7-17-9-4-2-8(12)3-5-9/h2-5H,6-7H2,1H3,(H,13,14). The molecule has 0 saturated carbocycles. The second kappa shape index (κ2) is 6.90. The highest BCUT2D eigenvalue weighted by atomic mass is 79.9. The van der Waals surface area contributed by atoms with Crippen molar-refractivity contribution in [1.82, 2.24) is 5.32 Å². The number of benzene rings is 1. The Morgan fingerprint density at radius 3 is 2.53 bits per heavy atom. The first kappa shape index (κ1) is 13.5. The van der Waals surface area contributed by atoms with Gasteiger partial charge >= 0.3 is 5.97 Å². The van der Waals surface area contributed by atoms with Gasteiger partial charge in [-0.2, -0.15) is 0 Å². The second-order valence-electron chi connectivity index (χ2n) is 3.10. The number of carbonyl (C=O) groups is 2. The van der Waals surface area contributed by atoms with Crippen molar-refractivity contribution in [3.8, 4) is 5.75 Å². The summed E-state index contributed by atoms with van der Waals surface area (Å²) in [4.78, 5) is 22.0. The van der Waals surface area contributed by atoms with Crippen molar-refractivity contribution < 1.29 is 19.1 Å². The molecule has 1 rings (SSSR count). The zero-order valence-corrected chi connectivity index (χ0v) is 10.8. The van der Waals surface area contributed by atoms with E-state index in [-0.39, 0.29) is 19.1 Å². The van der Waals surface area contributed by atoms with Gasteiger partial charge in [0.2, 0.25) is 0 Å². The van der Waals surface area contributed by atoms with Crippen LogP contribution in [-0.2, 0) is 14.3 Å². The fourth-order valence-electron chi connectivity index (χ4n) is 0.974. The molecule has 5 nitrogen and oxygen atoms in total. The van der Waals surface area contributed by atoms with Crippen LogP contribution in [0.25, 0.3) is 0 Å². The predicted molar refractivity (Wildman–Crippen MR) is 64.7 cm³/mol. The normalized spacial score (nSPS) is 9.53. The summed E-state index contributed by atoms with van der Waals surface area (Å²) < 4.78 is 10.5. The number of hydrogen-bond donors (Lipinski definition) is 1. The van der Waals surface area contributed by atoms with Crippen molar-refractivity contribution in [2.24, 2.45) is 0 Å². The van der Waals surface area contributed by atoms with E-state index in [0.29, 0.717) is 5.75 Å². The van der Waals surface area contributed by atoms with Crippen LogP contribution >= 0.6 is 15.9 Å². The van der Waals surface area contributed by atoms with Gasteiger partial charge in [0.15, 0.2) is 6.61 Å². The Labute approximate surface area is 107 Å². The highest BCUT2D eigenvalue weighted by Crippen LogP contribution is 2.15. The first-order valence-electron chi connectivity index (χ1n) is 4.83. The van der Waals surface area contributed by atoms with Gasteiger partial charge in [-0.1, -0.05) is 15.9 Å². The smallest absolute Gasteiger partial charge is 0.325 e. The van der Waals surface area contributed by atoms with E-state index < -0.39 is 5.97 Å². The van der Waals surface area contributed by atoms with Crippen LogP contribution in [0.5, 0.6) is 5.75 Å². The number of rotatable bonds is 5. The van der Waals surface area contributed by atoms with Crippen molar-refractivity contribution in [2.45, 2.75) is 0 Å². The molecule has 0 aliphatic heterocycles. The summed E-state index contributed by atoms with van der Waals surface area (Å²) in [7, 11) is 1.26. The topological polar surface area (TPSA) is 64.6 Å². The van der Waals surface area contributed by atoms with Crippen LogP contribution in [0.4, 0.5) is 0 Å². The number of hydrogen-bond acceptors (Lipinski definition) is 4. The molecular weight excluding hydrogens is 290 g/mol. The number of ether oxygens (including phenoxy) is 2. The molecule has 0 radical (unpaired) electrons. The van der Waals surface area contributed by atoms with Gasteiger partial charge in [-0.25, -0.2) is 0 Å². The van der Waals surface area contributed by atoms with Gasteiger partial charge in [0, 0.05) is 4.47 Å². The van der Waals surface area contributed by atoms with Crippen LogP contribution in [0, 0.1) is 0 Å². The summed E-state index contributed by atoms with van der Waals surface area (Å²) in [6.45, 7) is -0.294. The maximum Gasteiger partial charge on any atom is 0.325 e. The average molecular weight is 302 g/mol. The zero-order valence-electron chi connectivity index (χ0n) is 9.23. The molecule has 1 N–H and O–H groups in total. The van der Waals surface area contributed by atoms with Crippen LogP contribution < -0.4 is 10.1 Å². The van der Waals surface area contributed by atoms with Crippen molar-refractivity contribution in [3.63, 3.8) is 0 Å². The first-order chi connectivity index (χ1) is 8.11. The third-order valence-electron chi connectivity index (χ3n) is 1.84. The minimum absolute atomic E-state index is 0.140. The lowest BCUT2D eigenvalue weighted by molar-refractivity contribution is -0.141. The monoisotopic (exact) mass is 301 g/mol. The molecule has 6 heteroatoms. The molecule has 1 aromatic rings. The van der Waals surface area contributed by atoms with Crippen molar-refractivity contribution >= 4 is 27.8 Å². The van der Waals surface area contributed by atoms with E-state index in [4.69, 9.17) is 4.74 Å². The molecular formula is C11H12BrNO4. The molecule has 0 heterocycles. The van der Waals surface area contributed by atoms with Crippen LogP contribution in [0.3, 0.4) is 0 Å². The van der Waals surface area contributed by atoms with Crippen LogP contribution in [0.2, 0.25) is 0 Å². The summed E-state index contributed by atoms with van der Waals surface area (Å²) >= 11 is 3.29. The van der Waals surface area contributed by atoms with Crippen LogP contribution in [-0.4, -0.2) is 32.1 Å². The zero-order chi connectivity index (χ0) is 12.7. The molecule has 0 aliphatic carbocycles. The molecule has 0 fully saturated rings. The second-order valence-corrected chi connectivity index (χ2v) is 4.01. The van der Waals surface area contributed by atoms with Crippen molar-refractivity contribution in [3.05, 3.63) is 28.7 Å². The predicted octanol–water partition coefficient (Wildman–Crippen LogP) is 1.12. The van der Waals surface area contributed by atoms with Crippen molar-refractivity contribution in [2.75, 3.05) is 20.3 Å². The molecule has 0 unspecified atom stereocenters. The Bertz CT molecular complexity index is 391. The molecule has 1 aromatic carbocycles. The molecule has 1 amide bonds. The van der Waals surface area contributed by atoms with Gasteiger partial charge in [0.1, 0.15) is 12.3 Å². The van der Waals surface area contributed by atoms with Gasteiger partial charge < -0.3 is 14.8 Å². The Hall–Kier alpha value is -1.56. The molecule has 0 saturated heterocycles. The quantitative estimate of drug-likeness (QED) is 0.828. The lowest BCUT2D eigenvalue weighted by atomic mass is 10.3. The van der Waals surface area contributed by atoms with E-state index >= 15 is 0 Å². The van der Waals surface area contributed by atoms with Crippen molar-refractivity contribution in [1.29, 1.82) is 0 Å². The third-order valence-corrected chi connectivity index (χ3v) is 2.37. The van der Waals surface area contributed by atoms with E-state index in [1.807, 2.05) is 12.1 Å². The summed E-state index contributed by atoms with van der Waals surface area (Å²) in [6, 6.07) is 7.08. The van der Waals surface area contributed by atoms with Gasteiger partial charge in [0.25, 0.3) is 5.91 Å². The minimum atomic E-state index is -0.498.